The van der Waals surface area contributed by atoms with Gasteiger partial charge in [-0.15, -0.1) is 0 Å². The number of rotatable bonds is 12. The molecule has 8 aromatic carbocycles. The normalized spacial score (nSPS) is 16.8. The molecule has 0 amide bonds. The Morgan fingerprint density at radius 2 is 0.779 bits per heavy atom. The molecule has 0 bridgehead atoms. The number of hydrogen-bond donors (Lipinski definition) is 0. The van der Waals surface area contributed by atoms with Crippen molar-refractivity contribution in [3.8, 4) is 22.3 Å². The van der Waals surface area contributed by atoms with Crippen LogP contribution in [0.3, 0.4) is 0 Å². The lowest BCUT2D eigenvalue weighted by Gasteiger charge is -2.40. The van der Waals surface area contributed by atoms with Gasteiger partial charge in [-0.1, -0.05) is 201 Å². The molecule has 0 saturated heterocycles. The van der Waals surface area contributed by atoms with Crippen molar-refractivity contribution in [2.24, 2.45) is 0 Å². The monoisotopic (exact) mass is 880 g/mol. The van der Waals surface area contributed by atoms with Crippen LogP contribution in [0, 0.1) is 0 Å². The Balaban J connectivity index is 0.916. The van der Waals surface area contributed by atoms with Crippen LogP contribution in [-0.4, -0.2) is 6.04 Å². The molecule has 0 heterocycles. The first kappa shape index (κ1) is 43.2. The van der Waals surface area contributed by atoms with E-state index in [1.807, 2.05) is 0 Å². The molecule has 3 aliphatic carbocycles. The van der Waals surface area contributed by atoms with Crippen LogP contribution in [0.1, 0.15) is 86.5 Å². The SMILES string of the molecule is C1=C(c2ccccc2)CCC(N(c2ccc(-c3ccccc3)cc2)c2ccc(C3(c4ccc(N(c5ccc(-c6ccccc6)cc5)C5CC=C(c6ccccc6)CC5)cc4)CCCCC3)cc2)=C1. The Kier molecular flexibility index (Phi) is 12.6. The van der Waals surface area contributed by atoms with Gasteiger partial charge in [0.15, 0.2) is 0 Å². The minimum atomic E-state index is -0.0325. The number of benzene rings is 8. The zero-order chi connectivity index (χ0) is 45.5. The Labute approximate surface area is 404 Å². The van der Waals surface area contributed by atoms with Gasteiger partial charge >= 0.3 is 0 Å². The third-order valence-electron chi connectivity index (χ3n) is 15.0. The van der Waals surface area contributed by atoms with Crippen LogP contribution in [0.5, 0.6) is 0 Å². The second-order valence-corrected chi connectivity index (χ2v) is 19.0. The minimum absolute atomic E-state index is 0.0325. The molecule has 1 unspecified atom stereocenters. The standard InChI is InChI=1S/C66H60N2/c1-6-16-50(17-7-1)54-24-36-60(37-25-54)67(61-38-26-55(27-39-61)51-18-8-2-9-19-51)64-44-32-58(33-45-64)66(48-14-5-15-49-66)59-34-46-65(47-35-59)68(62-40-28-56(29-41-62)52-20-10-3-11-21-52)63-42-30-57(31-43-63)53-22-12-4-13-23-53/h1-4,6-13,16-26,28-30,32-38,40-41,44-47,63H,5,14-15,27,31,39,42-43,48-49H2. The summed E-state index contributed by atoms with van der Waals surface area (Å²) < 4.78 is 0. The Morgan fingerprint density at radius 3 is 1.24 bits per heavy atom. The van der Waals surface area contributed by atoms with E-state index in [0.29, 0.717) is 6.04 Å². The van der Waals surface area contributed by atoms with Crippen LogP contribution in [0.15, 0.2) is 242 Å². The van der Waals surface area contributed by atoms with Crippen molar-refractivity contribution in [2.45, 2.75) is 75.7 Å². The molecule has 0 N–H and O–H groups in total. The first-order chi connectivity index (χ1) is 33.7. The first-order valence-electron chi connectivity index (χ1n) is 25.0. The lowest BCUT2D eigenvalue weighted by molar-refractivity contribution is 0.346. The highest BCUT2D eigenvalue weighted by molar-refractivity contribution is 5.77. The molecule has 334 valence electrons. The largest absolute Gasteiger partial charge is 0.338 e. The predicted octanol–water partition coefficient (Wildman–Crippen LogP) is 17.9. The average molecular weight is 881 g/mol. The van der Waals surface area contributed by atoms with Gasteiger partial charge in [-0.3, -0.25) is 0 Å². The lowest BCUT2D eigenvalue weighted by atomic mass is 9.65. The summed E-state index contributed by atoms with van der Waals surface area (Å²) in [6.45, 7) is 0. The molecule has 0 aliphatic heterocycles. The quantitative estimate of drug-likeness (QED) is 0.121. The predicted molar refractivity (Wildman–Crippen MR) is 289 cm³/mol. The number of nitrogens with zero attached hydrogens (tertiary/aromatic N) is 2. The average Bonchev–Trinajstić information content (AvgIpc) is 3.43. The summed E-state index contributed by atoms with van der Waals surface area (Å²) in [7, 11) is 0. The molecule has 68 heavy (non-hydrogen) atoms. The Bertz CT molecular complexity index is 3000. The molecule has 8 aromatic rings. The topological polar surface area (TPSA) is 6.48 Å². The van der Waals surface area contributed by atoms with Crippen molar-refractivity contribution in [1.29, 1.82) is 0 Å². The Morgan fingerprint density at radius 1 is 0.353 bits per heavy atom. The maximum absolute atomic E-state index is 2.62. The van der Waals surface area contributed by atoms with Crippen molar-refractivity contribution in [3.05, 3.63) is 265 Å². The van der Waals surface area contributed by atoms with Crippen molar-refractivity contribution >= 4 is 33.9 Å². The van der Waals surface area contributed by atoms with Gasteiger partial charge in [0.05, 0.1) is 0 Å². The summed E-state index contributed by atoms with van der Waals surface area (Å²) in [5.41, 5.74) is 19.6. The fourth-order valence-electron chi connectivity index (χ4n) is 11.4. The summed E-state index contributed by atoms with van der Waals surface area (Å²) in [5, 5.41) is 0. The van der Waals surface area contributed by atoms with Crippen molar-refractivity contribution in [2.75, 3.05) is 9.80 Å². The summed E-state index contributed by atoms with van der Waals surface area (Å²) >= 11 is 0. The second kappa shape index (κ2) is 19.8. The van der Waals surface area contributed by atoms with E-state index in [1.54, 1.807) is 0 Å². The van der Waals surface area contributed by atoms with E-state index < -0.39 is 0 Å². The number of hydrogen-bond acceptors (Lipinski definition) is 2. The van der Waals surface area contributed by atoms with E-state index in [1.165, 1.54) is 103 Å². The minimum Gasteiger partial charge on any atom is -0.338 e. The highest BCUT2D eigenvalue weighted by Crippen LogP contribution is 2.47. The molecule has 0 spiro atoms. The van der Waals surface area contributed by atoms with Crippen LogP contribution in [0.4, 0.5) is 22.7 Å². The van der Waals surface area contributed by atoms with Gasteiger partial charge in [-0.2, -0.15) is 0 Å². The third-order valence-corrected chi connectivity index (χ3v) is 15.0. The number of allylic oxidation sites excluding steroid dienone is 5. The molecule has 3 aliphatic rings. The van der Waals surface area contributed by atoms with Gasteiger partial charge in [0.1, 0.15) is 0 Å². The molecule has 11 rings (SSSR count). The Hall–Kier alpha value is -7.42. The fraction of sp³-hybridized carbons (Fsp3) is 0.182. The molecule has 2 nitrogen and oxygen atoms in total. The van der Waals surface area contributed by atoms with Crippen LogP contribution >= 0.6 is 0 Å². The van der Waals surface area contributed by atoms with E-state index in [4.69, 9.17) is 0 Å². The van der Waals surface area contributed by atoms with Crippen LogP contribution in [0.25, 0.3) is 33.4 Å². The van der Waals surface area contributed by atoms with Crippen LogP contribution in [-0.2, 0) is 5.41 Å². The zero-order valence-corrected chi connectivity index (χ0v) is 39.1. The van der Waals surface area contributed by atoms with E-state index in [-0.39, 0.29) is 5.41 Å². The van der Waals surface area contributed by atoms with Crippen LogP contribution < -0.4 is 9.80 Å². The van der Waals surface area contributed by atoms with E-state index >= 15 is 0 Å². The van der Waals surface area contributed by atoms with Crippen molar-refractivity contribution < 1.29 is 0 Å². The maximum atomic E-state index is 2.62. The second-order valence-electron chi connectivity index (χ2n) is 19.0. The lowest BCUT2D eigenvalue weighted by Crippen LogP contribution is -2.33. The summed E-state index contributed by atoms with van der Waals surface area (Å²) in [4.78, 5) is 5.11. The molecule has 1 fully saturated rings. The molecule has 0 aromatic heterocycles. The fourth-order valence-corrected chi connectivity index (χ4v) is 11.4. The highest BCUT2D eigenvalue weighted by Gasteiger charge is 2.36. The smallest absolute Gasteiger partial charge is 0.0458 e. The van der Waals surface area contributed by atoms with E-state index in [2.05, 4.69) is 246 Å². The molecule has 0 radical (unpaired) electrons. The zero-order valence-electron chi connectivity index (χ0n) is 39.1. The molecular formula is C66H60N2. The van der Waals surface area contributed by atoms with Gasteiger partial charge < -0.3 is 9.80 Å². The molecule has 1 saturated carbocycles. The van der Waals surface area contributed by atoms with Crippen molar-refractivity contribution in [1.82, 2.24) is 0 Å². The summed E-state index contributed by atoms with van der Waals surface area (Å²) in [5.74, 6) is 0. The summed E-state index contributed by atoms with van der Waals surface area (Å²) in [6, 6.07) is 81.5. The first-order valence-corrected chi connectivity index (χ1v) is 25.0. The highest BCUT2D eigenvalue weighted by atomic mass is 15.2. The van der Waals surface area contributed by atoms with Gasteiger partial charge in [-0.05, 0) is 155 Å². The molecule has 1 atom stereocenters. The van der Waals surface area contributed by atoms with E-state index in [9.17, 15) is 0 Å². The van der Waals surface area contributed by atoms with Gasteiger partial charge in [0, 0.05) is 39.9 Å². The molecule has 2 heteroatoms. The van der Waals surface area contributed by atoms with Crippen molar-refractivity contribution in [3.63, 3.8) is 0 Å². The summed E-state index contributed by atoms with van der Waals surface area (Å²) in [6.07, 6.45) is 18.4. The van der Waals surface area contributed by atoms with E-state index in [0.717, 1.165) is 44.9 Å². The number of anilines is 4. The molecular weight excluding hydrogens is 821 g/mol. The van der Waals surface area contributed by atoms with Gasteiger partial charge in [-0.25, -0.2) is 0 Å². The van der Waals surface area contributed by atoms with Gasteiger partial charge in [0.2, 0.25) is 0 Å². The third kappa shape index (κ3) is 9.04. The maximum Gasteiger partial charge on any atom is 0.0458 e. The van der Waals surface area contributed by atoms with Gasteiger partial charge in [0.25, 0.3) is 0 Å². The van der Waals surface area contributed by atoms with Crippen LogP contribution in [0.2, 0.25) is 0 Å².